The minimum Gasteiger partial charge on any atom is -0.356 e. The van der Waals surface area contributed by atoms with E-state index in [1.807, 2.05) is 48.7 Å². The maximum atomic E-state index is 10.9. The van der Waals surface area contributed by atoms with Crippen LogP contribution in [0.25, 0.3) is 11.3 Å². The highest BCUT2D eigenvalue weighted by Crippen LogP contribution is 2.35. The molecular weight excluding hydrogens is 451 g/mol. The SMILES string of the molecule is Nc1c(-c2cc(Cc3ccc(Sc4ccccc4)nc3)no2)ccc[n+]1COP(=O)(O)O. The number of nitrogens with two attached hydrogens (primary N) is 1. The zero-order chi connectivity index (χ0) is 22.6. The molecule has 0 saturated heterocycles. The molecule has 0 fully saturated rings. The number of nitrogens with zero attached hydrogens (tertiary/aromatic N) is 3. The monoisotopic (exact) mass is 471 g/mol. The molecule has 0 unspecified atom stereocenters. The number of pyridine rings is 2. The van der Waals surface area contributed by atoms with Crippen LogP contribution in [0.1, 0.15) is 11.3 Å². The Morgan fingerprint density at radius 3 is 2.66 bits per heavy atom. The zero-order valence-electron chi connectivity index (χ0n) is 16.7. The van der Waals surface area contributed by atoms with Crippen LogP contribution >= 0.6 is 19.6 Å². The summed E-state index contributed by atoms with van der Waals surface area (Å²) in [6.07, 6.45) is 3.89. The van der Waals surface area contributed by atoms with Crippen molar-refractivity contribution in [3.8, 4) is 11.3 Å². The van der Waals surface area contributed by atoms with Crippen LogP contribution in [-0.2, 0) is 22.2 Å². The van der Waals surface area contributed by atoms with Gasteiger partial charge >= 0.3 is 7.82 Å². The van der Waals surface area contributed by atoms with Gasteiger partial charge in [-0.15, -0.1) is 0 Å². The lowest BCUT2D eigenvalue weighted by Gasteiger charge is -2.07. The molecule has 0 aliphatic heterocycles. The maximum Gasteiger partial charge on any atom is 0.472 e. The van der Waals surface area contributed by atoms with E-state index in [-0.39, 0.29) is 5.82 Å². The zero-order valence-corrected chi connectivity index (χ0v) is 18.4. The molecule has 32 heavy (non-hydrogen) atoms. The standard InChI is InChI=1S/C21H19N4O5PS/c22-21-18(7-4-10-25(21)14-29-31(26,27)28)19-12-16(24-30-19)11-15-8-9-20(23-13-15)32-17-5-2-1-3-6-17/h1-10,12-13,22H,11,14H2,(H2,26,27,28)/p+1. The van der Waals surface area contributed by atoms with Crippen LogP contribution in [-0.4, -0.2) is 19.9 Å². The molecule has 4 rings (SSSR count). The number of hydrogen-bond acceptors (Lipinski definition) is 7. The Balaban J connectivity index is 1.45. The number of nitrogen functional groups attached to an aromatic ring is 1. The maximum absolute atomic E-state index is 10.9. The number of benzene rings is 1. The number of aromatic nitrogens is 3. The van der Waals surface area contributed by atoms with E-state index in [0.717, 1.165) is 15.5 Å². The van der Waals surface area contributed by atoms with Gasteiger partial charge in [-0.1, -0.05) is 41.2 Å². The van der Waals surface area contributed by atoms with Crippen molar-refractivity contribution in [2.45, 2.75) is 23.1 Å². The highest BCUT2D eigenvalue weighted by Gasteiger charge is 2.20. The molecule has 11 heteroatoms. The molecule has 0 bridgehead atoms. The third-order valence-electron chi connectivity index (χ3n) is 4.45. The summed E-state index contributed by atoms with van der Waals surface area (Å²) in [5, 5.41) is 5.01. The summed E-state index contributed by atoms with van der Waals surface area (Å²) in [7, 11) is -4.62. The Bertz CT molecular complexity index is 1240. The molecule has 4 N–H and O–H groups in total. The minimum absolute atomic E-state index is 0.229. The van der Waals surface area contributed by atoms with E-state index in [9.17, 15) is 4.57 Å². The van der Waals surface area contributed by atoms with E-state index in [4.69, 9.17) is 20.0 Å². The van der Waals surface area contributed by atoms with E-state index in [1.54, 1.807) is 36.2 Å². The number of hydrogen-bond donors (Lipinski definition) is 3. The quantitative estimate of drug-likeness (QED) is 0.261. The predicted octanol–water partition coefficient (Wildman–Crippen LogP) is 3.42. The first-order valence-electron chi connectivity index (χ1n) is 9.49. The average Bonchev–Trinajstić information content (AvgIpc) is 3.23. The van der Waals surface area contributed by atoms with E-state index in [1.165, 1.54) is 4.57 Å². The Morgan fingerprint density at radius 1 is 1.12 bits per heavy atom. The van der Waals surface area contributed by atoms with Crippen LogP contribution < -0.4 is 10.3 Å². The fourth-order valence-corrected chi connectivity index (χ4v) is 3.99. The molecule has 3 aromatic heterocycles. The fourth-order valence-electron chi connectivity index (χ4n) is 2.94. The Morgan fingerprint density at radius 2 is 1.94 bits per heavy atom. The van der Waals surface area contributed by atoms with Gasteiger partial charge < -0.3 is 14.3 Å². The smallest absolute Gasteiger partial charge is 0.356 e. The normalized spacial score (nSPS) is 11.6. The lowest BCUT2D eigenvalue weighted by Crippen LogP contribution is -2.38. The summed E-state index contributed by atoms with van der Waals surface area (Å²) >= 11 is 1.59. The molecule has 4 aromatic rings. The first-order valence-corrected chi connectivity index (χ1v) is 11.8. The highest BCUT2D eigenvalue weighted by atomic mass is 32.2. The lowest BCUT2D eigenvalue weighted by molar-refractivity contribution is -0.711. The molecule has 3 heterocycles. The summed E-state index contributed by atoms with van der Waals surface area (Å²) < 4.78 is 22.3. The Hall–Kier alpha value is -3.01. The summed E-state index contributed by atoms with van der Waals surface area (Å²) in [6.45, 7) is -0.399. The average molecular weight is 471 g/mol. The van der Waals surface area contributed by atoms with E-state index in [0.29, 0.717) is 23.4 Å². The first kappa shape index (κ1) is 22.2. The van der Waals surface area contributed by atoms with Gasteiger partial charge in [0.05, 0.1) is 11.9 Å². The molecule has 0 amide bonds. The van der Waals surface area contributed by atoms with Crippen LogP contribution in [0.4, 0.5) is 5.82 Å². The molecule has 0 radical (unpaired) electrons. The van der Waals surface area contributed by atoms with Gasteiger partial charge in [-0.05, 0) is 35.9 Å². The summed E-state index contributed by atoms with van der Waals surface area (Å²) in [4.78, 5) is 23.4. The van der Waals surface area contributed by atoms with Crippen molar-refractivity contribution in [1.29, 1.82) is 0 Å². The largest absolute Gasteiger partial charge is 0.472 e. The fraction of sp³-hybridized carbons (Fsp3) is 0.0952. The second kappa shape index (κ2) is 9.64. The molecule has 0 aliphatic rings. The minimum atomic E-state index is -4.62. The molecule has 164 valence electrons. The summed E-state index contributed by atoms with van der Waals surface area (Å²) in [5.41, 5.74) is 8.33. The third-order valence-corrected chi connectivity index (χ3v) is 5.86. The topological polar surface area (TPSA) is 136 Å². The second-order valence-corrected chi connectivity index (χ2v) is 9.14. The Kier molecular flexibility index (Phi) is 6.69. The van der Waals surface area contributed by atoms with Gasteiger partial charge in [-0.2, -0.15) is 0 Å². The van der Waals surface area contributed by atoms with Crippen LogP contribution in [0.2, 0.25) is 0 Å². The van der Waals surface area contributed by atoms with Crippen molar-refractivity contribution in [3.63, 3.8) is 0 Å². The number of anilines is 1. The lowest BCUT2D eigenvalue weighted by atomic mass is 10.1. The van der Waals surface area contributed by atoms with E-state index < -0.39 is 14.6 Å². The number of phosphoric ester groups is 1. The van der Waals surface area contributed by atoms with E-state index in [2.05, 4.69) is 14.7 Å². The first-order chi connectivity index (χ1) is 15.4. The molecule has 9 nitrogen and oxygen atoms in total. The molecule has 1 aromatic carbocycles. The van der Waals surface area contributed by atoms with Gasteiger partial charge in [-0.25, -0.2) is 18.6 Å². The van der Waals surface area contributed by atoms with Gasteiger partial charge in [0, 0.05) is 23.6 Å². The van der Waals surface area contributed by atoms with Crippen molar-refractivity contribution in [2.75, 3.05) is 5.73 Å². The number of rotatable bonds is 8. The second-order valence-electron chi connectivity index (χ2n) is 6.80. The molecular formula is C21H20N4O5PS+. The van der Waals surface area contributed by atoms with Crippen molar-refractivity contribution in [3.05, 3.63) is 84.3 Å². The van der Waals surface area contributed by atoms with Crippen LogP contribution in [0.3, 0.4) is 0 Å². The van der Waals surface area contributed by atoms with Gasteiger partial charge in [0.25, 0.3) is 5.82 Å². The summed E-state index contributed by atoms with van der Waals surface area (Å²) in [6, 6.07) is 19.2. The molecule has 0 saturated carbocycles. The Labute approximate surface area is 188 Å². The van der Waals surface area contributed by atoms with Crippen molar-refractivity contribution in [1.82, 2.24) is 10.1 Å². The van der Waals surface area contributed by atoms with Crippen LogP contribution in [0.15, 0.2) is 87.5 Å². The molecule has 0 spiro atoms. The van der Waals surface area contributed by atoms with Crippen molar-refractivity contribution >= 4 is 25.4 Å². The van der Waals surface area contributed by atoms with Crippen LogP contribution in [0, 0.1) is 0 Å². The number of phosphoric acid groups is 1. The highest BCUT2D eigenvalue weighted by molar-refractivity contribution is 7.99. The molecule has 0 atom stereocenters. The molecule has 0 aliphatic carbocycles. The third kappa shape index (κ3) is 5.82. The van der Waals surface area contributed by atoms with Crippen LogP contribution in [0.5, 0.6) is 0 Å². The predicted molar refractivity (Wildman–Crippen MR) is 117 cm³/mol. The van der Waals surface area contributed by atoms with E-state index >= 15 is 0 Å². The van der Waals surface area contributed by atoms with Gasteiger partial charge in [0.1, 0.15) is 10.6 Å². The van der Waals surface area contributed by atoms with Gasteiger partial charge in [0.2, 0.25) is 6.73 Å². The van der Waals surface area contributed by atoms with Crippen molar-refractivity contribution in [2.24, 2.45) is 0 Å². The summed E-state index contributed by atoms with van der Waals surface area (Å²) in [5.74, 6) is 0.667. The van der Waals surface area contributed by atoms with Gasteiger partial charge in [-0.3, -0.25) is 5.73 Å². The van der Waals surface area contributed by atoms with Crippen molar-refractivity contribution < 1.29 is 28.0 Å². The van der Waals surface area contributed by atoms with Gasteiger partial charge in [0.15, 0.2) is 5.76 Å².